The number of rotatable bonds is 3. The van der Waals surface area contributed by atoms with Crippen molar-refractivity contribution in [2.24, 2.45) is 0 Å². The molecule has 1 aromatic carbocycles. The van der Waals surface area contributed by atoms with Crippen LogP contribution in [0.4, 0.5) is 0 Å². The standard InChI is InChI=1S/C19H19N5O2/c25-17-9-8-16(21-22-17)19(26)24-10-4-7-14(12-24)18-15(11-20-23-18)13-5-2-1-3-6-13/h1-3,5-6,8-9,11,14H,4,7,10,12H2,(H,20,23)(H,22,25)/t14-/m1/s1. The lowest BCUT2D eigenvalue weighted by Crippen LogP contribution is -2.40. The molecule has 7 nitrogen and oxygen atoms in total. The van der Waals surface area contributed by atoms with E-state index in [1.54, 1.807) is 4.90 Å². The molecule has 1 aliphatic heterocycles. The smallest absolute Gasteiger partial charge is 0.274 e. The molecule has 2 N–H and O–H groups in total. The monoisotopic (exact) mass is 349 g/mol. The summed E-state index contributed by atoms with van der Waals surface area (Å²) in [5.74, 6) is 0.0277. The summed E-state index contributed by atoms with van der Waals surface area (Å²) in [5, 5.41) is 13.5. The van der Waals surface area contributed by atoms with Gasteiger partial charge in [0, 0.05) is 36.3 Å². The molecule has 0 aliphatic carbocycles. The molecule has 26 heavy (non-hydrogen) atoms. The fourth-order valence-electron chi connectivity index (χ4n) is 3.48. The van der Waals surface area contributed by atoms with Gasteiger partial charge in [-0.2, -0.15) is 10.2 Å². The molecule has 0 saturated carbocycles. The van der Waals surface area contributed by atoms with Crippen molar-refractivity contribution in [3.63, 3.8) is 0 Å². The number of aromatic amines is 2. The van der Waals surface area contributed by atoms with Gasteiger partial charge in [-0.05, 0) is 24.5 Å². The Hall–Kier alpha value is -3.22. The molecule has 2 aromatic heterocycles. The Morgan fingerprint density at radius 2 is 1.96 bits per heavy atom. The van der Waals surface area contributed by atoms with Crippen LogP contribution in [0.1, 0.15) is 34.9 Å². The molecule has 4 rings (SSSR count). The quantitative estimate of drug-likeness (QED) is 0.758. The van der Waals surface area contributed by atoms with Crippen LogP contribution in [0, 0.1) is 0 Å². The first-order valence-electron chi connectivity index (χ1n) is 8.66. The van der Waals surface area contributed by atoms with Crippen molar-refractivity contribution in [2.75, 3.05) is 13.1 Å². The summed E-state index contributed by atoms with van der Waals surface area (Å²) in [6.07, 6.45) is 3.74. The van der Waals surface area contributed by atoms with Gasteiger partial charge in [-0.15, -0.1) is 0 Å². The van der Waals surface area contributed by atoms with Gasteiger partial charge in [0.1, 0.15) is 5.69 Å². The van der Waals surface area contributed by atoms with Crippen LogP contribution in [-0.4, -0.2) is 44.3 Å². The van der Waals surface area contributed by atoms with Crippen molar-refractivity contribution in [2.45, 2.75) is 18.8 Å². The van der Waals surface area contributed by atoms with Gasteiger partial charge in [0.25, 0.3) is 11.5 Å². The number of carbonyl (C=O) groups is 1. The number of carbonyl (C=O) groups excluding carboxylic acids is 1. The van der Waals surface area contributed by atoms with Gasteiger partial charge >= 0.3 is 0 Å². The molecule has 1 saturated heterocycles. The van der Waals surface area contributed by atoms with E-state index in [9.17, 15) is 9.59 Å². The highest BCUT2D eigenvalue weighted by molar-refractivity contribution is 5.92. The highest BCUT2D eigenvalue weighted by Gasteiger charge is 2.28. The molecular formula is C19H19N5O2. The lowest BCUT2D eigenvalue weighted by molar-refractivity contribution is 0.0698. The molecule has 7 heteroatoms. The Bertz CT molecular complexity index is 943. The number of nitrogens with zero attached hydrogens (tertiary/aromatic N) is 3. The fourth-order valence-corrected chi connectivity index (χ4v) is 3.48. The average molecular weight is 349 g/mol. The van der Waals surface area contributed by atoms with Gasteiger partial charge in [-0.1, -0.05) is 30.3 Å². The molecule has 1 fully saturated rings. The van der Waals surface area contributed by atoms with Crippen LogP contribution in [0.25, 0.3) is 11.1 Å². The molecule has 3 heterocycles. The Labute approximate surface area is 150 Å². The third-order valence-electron chi connectivity index (χ3n) is 4.77. The highest BCUT2D eigenvalue weighted by atomic mass is 16.2. The Balaban J connectivity index is 1.56. The normalized spacial score (nSPS) is 17.2. The summed E-state index contributed by atoms with van der Waals surface area (Å²) in [5.41, 5.74) is 3.19. The van der Waals surface area contributed by atoms with Gasteiger partial charge in [0.15, 0.2) is 0 Å². The van der Waals surface area contributed by atoms with E-state index in [1.165, 1.54) is 12.1 Å². The van der Waals surface area contributed by atoms with Crippen LogP contribution >= 0.6 is 0 Å². The van der Waals surface area contributed by atoms with Crippen molar-refractivity contribution in [3.8, 4) is 11.1 Å². The van der Waals surface area contributed by atoms with E-state index < -0.39 is 0 Å². The molecule has 1 atom stereocenters. The minimum Gasteiger partial charge on any atom is -0.337 e. The van der Waals surface area contributed by atoms with E-state index in [0.717, 1.165) is 29.7 Å². The zero-order valence-corrected chi connectivity index (χ0v) is 14.2. The third kappa shape index (κ3) is 3.15. The first kappa shape index (κ1) is 16.3. The second-order valence-electron chi connectivity index (χ2n) is 6.46. The number of hydrogen-bond acceptors (Lipinski definition) is 4. The van der Waals surface area contributed by atoms with Crippen molar-refractivity contribution in [3.05, 3.63) is 70.4 Å². The Morgan fingerprint density at radius 3 is 2.73 bits per heavy atom. The number of piperidine rings is 1. The summed E-state index contributed by atoms with van der Waals surface area (Å²) in [6, 6.07) is 12.9. The minimum atomic E-state index is -0.317. The topological polar surface area (TPSA) is 94.7 Å². The number of aromatic nitrogens is 4. The zero-order valence-electron chi connectivity index (χ0n) is 14.2. The Kier molecular flexibility index (Phi) is 4.35. The number of likely N-dealkylation sites (tertiary alicyclic amines) is 1. The van der Waals surface area contributed by atoms with Crippen LogP contribution in [0.3, 0.4) is 0 Å². The fraction of sp³-hybridized carbons (Fsp3) is 0.263. The third-order valence-corrected chi connectivity index (χ3v) is 4.77. The summed E-state index contributed by atoms with van der Waals surface area (Å²) >= 11 is 0. The average Bonchev–Trinajstić information content (AvgIpc) is 3.19. The summed E-state index contributed by atoms with van der Waals surface area (Å²) in [7, 11) is 0. The number of H-pyrrole nitrogens is 2. The van der Waals surface area contributed by atoms with Gasteiger partial charge < -0.3 is 4.90 Å². The van der Waals surface area contributed by atoms with Crippen LogP contribution in [-0.2, 0) is 0 Å². The number of nitrogens with one attached hydrogen (secondary N) is 2. The van der Waals surface area contributed by atoms with Gasteiger partial charge in [0.2, 0.25) is 0 Å². The second kappa shape index (κ2) is 6.95. The molecule has 0 radical (unpaired) electrons. The molecule has 1 amide bonds. The van der Waals surface area contributed by atoms with E-state index in [4.69, 9.17) is 0 Å². The van der Waals surface area contributed by atoms with E-state index in [-0.39, 0.29) is 23.1 Å². The van der Waals surface area contributed by atoms with Crippen LogP contribution in [0.2, 0.25) is 0 Å². The predicted octanol–water partition coefficient (Wildman–Crippen LogP) is 2.18. The lowest BCUT2D eigenvalue weighted by atomic mass is 9.90. The number of hydrogen-bond donors (Lipinski definition) is 2. The summed E-state index contributed by atoms with van der Waals surface area (Å²) in [4.78, 5) is 25.6. The maximum Gasteiger partial charge on any atom is 0.274 e. The molecule has 0 spiro atoms. The summed E-state index contributed by atoms with van der Waals surface area (Å²) < 4.78 is 0. The maximum atomic E-state index is 12.7. The molecule has 3 aromatic rings. The van der Waals surface area contributed by atoms with E-state index in [0.29, 0.717) is 13.1 Å². The summed E-state index contributed by atoms with van der Waals surface area (Å²) in [6.45, 7) is 1.28. The maximum absolute atomic E-state index is 12.7. The molecular weight excluding hydrogens is 330 g/mol. The number of benzene rings is 1. The van der Waals surface area contributed by atoms with Crippen LogP contribution < -0.4 is 5.56 Å². The lowest BCUT2D eigenvalue weighted by Gasteiger charge is -2.32. The minimum absolute atomic E-state index is 0.160. The first-order valence-corrected chi connectivity index (χ1v) is 8.66. The highest BCUT2D eigenvalue weighted by Crippen LogP contribution is 2.33. The molecule has 0 unspecified atom stereocenters. The van der Waals surface area contributed by atoms with E-state index in [2.05, 4.69) is 32.5 Å². The SMILES string of the molecule is O=C(c1ccc(=O)[nH]n1)N1CCC[C@@H](c2[nH]ncc2-c2ccccc2)C1. The van der Waals surface area contributed by atoms with E-state index >= 15 is 0 Å². The molecule has 1 aliphatic rings. The first-order chi connectivity index (χ1) is 12.7. The van der Waals surface area contributed by atoms with Crippen molar-refractivity contribution in [1.82, 2.24) is 25.3 Å². The van der Waals surface area contributed by atoms with Crippen LogP contribution in [0.5, 0.6) is 0 Å². The number of amides is 1. The van der Waals surface area contributed by atoms with Crippen molar-refractivity contribution >= 4 is 5.91 Å². The zero-order chi connectivity index (χ0) is 17.9. The van der Waals surface area contributed by atoms with Crippen molar-refractivity contribution < 1.29 is 4.79 Å². The second-order valence-corrected chi connectivity index (χ2v) is 6.46. The molecule has 0 bridgehead atoms. The van der Waals surface area contributed by atoms with Gasteiger partial charge in [-0.25, -0.2) is 5.10 Å². The Morgan fingerprint density at radius 1 is 1.12 bits per heavy atom. The van der Waals surface area contributed by atoms with Crippen LogP contribution in [0.15, 0.2) is 53.5 Å². The van der Waals surface area contributed by atoms with E-state index in [1.807, 2.05) is 24.4 Å². The van der Waals surface area contributed by atoms with Gasteiger partial charge in [0.05, 0.1) is 6.20 Å². The largest absolute Gasteiger partial charge is 0.337 e. The molecule has 132 valence electrons. The predicted molar refractivity (Wildman–Crippen MR) is 96.8 cm³/mol. The van der Waals surface area contributed by atoms with Gasteiger partial charge in [-0.3, -0.25) is 14.7 Å². The van der Waals surface area contributed by atoms with Crippen molar-refractivity contribution in [1.29, 1.82) is 0 Å².